The maximum atomic E-state index is 12.4. The maximum absolute atomic E-state index is 12.4. The summed E-state index contributed by atoms with van der Waals surface area (Å²) in [7, 11) is 0. The molecule has 4 nitrogen and oxygen atoms in total. The Morgan fingerprint density at radius 3 is 2.67 bits per heavy atom. The normalized spacial score (nSPS) is 12.0. The van der Waals surface area contributed by atoms with Gasteiger partial charge in [0.15, 0.2) is 11.5 Å². The molecule has 1 aromatic carbocycles. The summed E-state index contributed by atoms with van der Waals surface area (Å²) in [5.74, 6) is -0.344. The molecule has 0 aliphatic carbocycles. The zero-order chi connectivity index (χ0) is 15.0. The molecule has 0 radical (unpaired) electrons. The van der Waals surface area contributed by atoms with Crippen LogP contribution < -0.4 is 0 Å². The first-order valence-electron chi connectivity index (χ1n) is 6.06. The number of halogens is 3. The van der Waals surface area contributed by atoms with Crippen LogP contribution in [-0.2, 0) is 12.7 Å². The van der Waals surface area contributed by atoms with Gasteiger partial charge in [-0.3, -0.25) is 9.48 Å². The van der Waals surface area contributed by atoms with Crippen molar-refractivity contribution in [2.45, 2.75) is 12.7 Å². The maximum Gasteiger partial charge on any atom is 0.435 e. The number of para-hydroxylation sites is 1. The number of hydrogen-bond donors (Lipinski definition) is 0. The van der Waals surface area contributed by atoms with Gasteiger partial charge in [0.05, 0.1) is 0 Å². The molecule has 108 valence electrons. The second-order valence-electron chi connectivity index (χ2n) is 4.47. The zero-order valence-corrected chi connectivity index (χ0v) is 10.6. The lowest BCUT2D eigenvalue weighted by atomic mass is 10.2. The van der Waals surface area contributed by atoms with Crippen molar-refractivity contribution in [3.8, 4) is 0 Å². The van der Waals surface area contributed by atoms with Gasteiger partial charge in [-0.15, -0.1) is 0 Å². The number of carbonyl (C=O) groups is 1. The van der Waals surface area contributed by atoms with E-state index in [9.17, 15) is 18.0 Å². The molecule has 3 rings (SSSR count). The first-order chi connectivity index (χ1) is 9.93. The fourth-order valence-electron chi connectivity index (χ4n) is 1.95. The van der Waals surface area contributed by atoms with Crippen molar-refractivity contribution in [3.05, 3.63) is 54.0 Å². The average Bonchev–Trinajstić information content (AvgIpc) is 3.03. The van der Waals surface area contributed by atoms with Gasteiger partial charge in [-0.2, -0.15) is 18.3 Å². The van der Waals surface area contributed by atoms with E-state index >= 15 is 0 Å². The summed E-state index contributed by atoms with van der Waals surface area (Å²) in [5.41, 5.74) is -0.475. The largest absolute Gasteiger partial charge is 0.453 e. The minimum Gasteiger partial charge on any atom is -0.453 e. The minimum absolute atomic E-state index is 0.0975. The summed E-state index contributed by atoms with van der Waals surface area (Å²) < 4.78 is 43.6. The number of Topliss-reactive ketones (excluding diaryl/α,β-unsaturated/α-hetero) is 1. The molecule has 0 aliphatic heterocycles. The second kappa shape index (κ2) is 4.76. The Balaban J connectivity index is 1.81. The lowest BCUT2D eigenvalue weighted by Gasteiger charge is -2.01. The van der Waals surface area contributed by atoms with Gasteiger partial charge in [0.25, 0.3) is 0 Å². The molecule has 0 fully saturated rings. The van der Waals surface area contributed by atoms with Gasteiger partial charge < -0.3 is 4.42 Å². The Morgan fingerprint density at radius 1 is 1.24 bits per heavy atom. The van der Waals surface area contributed by atoms with E-state index in [0.717, 1.165) is 22.3 Å². The van der Waals surface area contributed by atoms with Gasteiger partial charge in [0.2, 0.25) is 5.78 Å². The number of furan rings is 1. The van der Waals surface area contributed by atoms with Crippen molar-refractivity contribution in [1.29, 1.82) is 0 Å². The van der Waals surface area contributed by atoms with E-state index in [0.29, 0.717) is 5.58 Å². The molecule has 0 N–H and O–H groups in total. The zero-order valence-electron chi connectivity index (χ0n) is 10.6. The van der Waals surface area contributed by atoms with Crippen LogP contribution >= 0.6 is 0 Å². The molecule has 0 saturated carbocycles. The number of aromatic nitrogens is 2. The Bertz CT molecular complexity index is 769. The standard InChI is InChI=1S/C14H9F3N2O2/c15-14(16,17)13-5-6-19(18-13)8-10(20)12-7-9-3-1-2-4-11(9)21-12/h1-7H,8H2. The Morgan fingerprint density at radius 2 is 2.00 bits per heavy atom. The Kier molecular flexibility index (Phi) is 3.04. The number of alkyl halides is 3. The third-order valence-electron chi connectivity index (χ3n) is 2.94. The molecule has 0 unspecified atom stereocenters. The predicted octanol–water partition coefficient (Wildman–Crippen LogP) is 3.53. The second-order valence-corrected chi connectivity index (χ2v) is 4.47. The number of benzene rings is 1. The molecule has 21 heavy (non-hydrogen) atoms. The highest BCUT2D eigenvalue weighted by Gasteiger charge is 2.33. The minimum atomic E-state index is -4.52. The SMILES string of the molecule is O=C(Cn1ccc(C(F)(F)F)n1)c1cc2ccccc2o1. The topological polar surface area (TPSA) is 48.0 Å². The van der Waals surface area contributed by atoms with Crippen molar-refractivity contribution in [3.63, 3.8) is 0 Å². The van der Waals surface area contributed by atoms with E-state index in [4.69, 9.17) is 4.42 Å². The van der Waals surface area contributed by atoms with Crippen molar-refractivity contribution in [2.24, 2.45) is 0 Å². The van der Waals surface area contributed by atoms with Gasteiger partial charge in [-0.1, -0.05) is 18.2 Å². The number of fused-ring (bicyclic) bond motifs is 1. The predicted molar refractivity (Wildman–Crippen MR) is 67.8 cm³/mol. The van der Waals surface area contributed by atoms with Gasteiger partial charge in [0, 0.05) is 11.6 Å². The highest BCUT2D eigenvalue weighted by Crippen LogP contribution is 2.27. The van der Waals surface area contributed by atoms with E-state index in [2.05, 4.69) is 5.10 Å². The van der Waals surface area contributed by atoms with Crippen LogP contribution in [0.3, 0.4) is 0 Å². The van der Waals surface area contributed by atoms with Gasteiger partial charge in [0.1, 0.15) is 12.1 Å². The van der Waals surface area contributed by atoms with E-state index in [1.54, 1.807) is 30.3 Å². The van der Waals surface area contributed by atoms with E-state index in [1.165, 1.54) is 0 Å². The molecule has 0 amide bonds. The Labute approximate surface area is 116 Å². The highest BCUT2D eigenvalue weighted by atomic mass is 19.4. The molecule has 0 atom stereocenters. The number of hydrogen-bond acceptors (Lipinski definition) is 3. The number of ketones is 1. The first-order valence-corrected chi connectivity index (χ1v) is 6.06. The summed E-state index contributed by atoms with van der Waals surface area (Å²) in [6.45, 7) is -0.310. The molecule has 0 spiro atoms. The van der Waals surface area contributed by atoms with E-state index in [-0.39, 0.29) is 12.3 Å². The molecule has 7 heteroatoms. The van der Waals surface area contributed by atoms with Crippen LogP contribution in [0.1, 0.15) is 16.2 Å². The number of nitrogens with zero attached hydrogens (tertiary/aromatic N) is 2. The fourth-order valence-corrected chi connectivity index (χ4v) is 1.95. The van der Waals surface area contributed by atoms with Crippen molar-refractivity contribution < 1.29 is 22.4 Å². The number of rotatable bonds is 3. The van der Waals surface area contributed by atoms with Gasteiger partial charge in [-0.05, 0) is 18.2 Å². The molecular formula is C14H9F3N2O2. The molecule has 0 aliphatic rings. The smallest absolute Gasteiger partial charge is 0.435 e. The fraction of sp³-hybridized carbons (Fsp3) is 0.143. The van der Waals surface area contributed by atoms with E-state index < -0.39 is 17.7 Å². The van der Waals surface area contributed by atoms with Crippen LogP contribution in [0.5, 0.6) is 0 Å². The quantitative estimate of drug-likeness (QED) is 0.694. The molecule has 2 heterocycles. The van der Waals surface area contributed by atoms with Crippen LogP contribution in [-0.4, -0.2) is 15.6 Å². The van der Waals surface area contributed by atoms with Crippen LogP contribution in [0.25, 0.3) is 11.0 Å². The molecule has 0 bridgehead atoms. The molecule has 3 aromatic rings. The molecule has 2 aromatic heterocycles. The van der Waals surface area contributed by atoms with Crippen LogP contribution in [0.2, 0.25) is 0 Å². The number of carbonyl (C=O) groups excluding carboxylic acids is 1. The third-order valence-corrected chi connectivity index (χ3v) is 2.94. The summed E-state index contributed by atoms with van der Waals surface area (Å²) in [6.07, 6.45) is -3.41. The summed E-state index contributed by atoms with van der Waals surface area (Å²) in [4.78, 5) is 12.0. The molecule has 0 saturated heterocycles. The lowest BCUT2D eigenvalue weighted by molar-refractivity contribution is -0.141. The van der Waals surface area contributed by atoms with Crippen LogP contribution in [0.4, 0.5) is 13.2 Å². The Hall–Kier alpha value is -2.57. The van der Waals surface area contributed by atoms with Crippen LogP contribution in [0, 0.1) is 0 Å². The van der Waals surface area contributed by atoms with Crippen molar-refractivity contribution in [2.75, 3.05) is 0 Å². The van der Waals surface area contributed by atoms with E-state index in [1.807, 2.05) is 0 Å². The average molecular weight is 294 g/mol. The lowest BCUT2D eigenvalue weighted by Crippen LogP contribution is -2.12. The van der Waals surface area contributed by atoms with Gasteiger partial charge in [-0.25, -0.2) is 0 Å². The summed E-state index contributed by atoms with van der Waals surface area (Å²) in [6, 6.07) is 9.45. The highest BCUT2D eigenvalue weighted by molar-refractivity contribution is 5.97. The van der Waals surface area contributed by atoms with Crippen LogP contribution in [0.15, 0.2) is 47.0 Å². The summed E-state index contributed by atoms with van der Waals surface area (Å²) >= 11 is 0. The first kappa shape index (κ1) is 13.4. The molecular weight excluding hydrogens is 285 g/mol. The van der Waals surface area contributed by atoms with Gasteiger partial charge >= 0.3 is 6.18 Å². The monoisotopic (exact) mass is 294 g/mol. The summed E-state index contributed by atoms with van der Waals surface area (Å²) in [5, 5.41) is 4.09. The third kappa shape index (κ3) is 2.67. The van der Waals surface area contributed by atoms with Crippen molar-refractivity contribution >= 4 is 16.8 Å². The van der Waals surface area contributed by atoms with Crippen molar-refractivity contribution in [1.82, 2.24) is 9.78 Å².